The van der Waals surface area contributed by atoms with Crippen molar-refractivity contribution in [1.82, 2.24) is 4.90 Å². The Balaban J connectivity index is 1.79. The zero-order chi connectivity index (χ0) is 12.8. The second-order valence-corrected chi connectivity index (χ2v) is 5.04. The number of aryl methyl sites for hydroxylation is 1. The van der Waals surface area contributed by atoms with E-state index < -0.39 is 0 Å². The molecule has 1 unspecified atom stereocenters. The number of hydrogen-bond acceptors (Lipinski definition) is 2. The summed E-state index contributed by atoms with van der Waals surface area (Å²) in [6, 6.07) is 10.5. The first kappa shape index (κ1) is 13.1. The molecule has 0 aliphatic carbocycles. The van der Waals surface area contributed by atoms with E-state index in [-0.39, 0.29) is 11.9 Å². The Morgan fingerprint density at radius 3 is 2.78 bits per heavy atom. The number of nitrogens with zero attached hydrogens (tertiary/aromatic N) is 1. The zero-order valence-corrected chi connectivity index (χ0v) is 10.8. The van der Waals surface area contributed by atoms with Crippen molar-refractivity contribution < 1.29 is 4.79 Å². The Morgan fingerprint density at radius 1 is 1.28 bits per heavy atom. The van der Waals surface area contributed by atoms with E-state index >= 15 is 0 Å². The normalized spacial score (nSPS) is 20.8. The van der Waals surface area contributed by atoms with Gasteiger partial charge in [0.05, 0.1) is 6.04 Å². The van der Waals surface area contributed by atoms with E-state index in [0.717, 1.165) is 38.8 Å². The Morgan fingerprint density at radius 2 is 2.06 bits per heavy atom. The predicted octanol–water partition coefficient (Wildman–Crippen LogP) is 1.96. The fraction of sp³-hybridized carbons (Fsp3) is 0.533. The highest BCUT2D eigenvalue weighted by atomic mass is 16.1. The first-order valence-electron chi connectivity index (χ1n) is 6.84. The molecule has 1 aromatic rings. The van der Waals surface area contributed by atoms with E-state index in [0.29, 0.717) is 0 Å². The topological polar surface area (TPSA) is 46.3 Å². The van der Waals surface area contributed by atoms with Crippen LogP contribution in [0.1, 0.15) is 31.2 Å². The molecule has 0 spiro atoms. The molecule has 2 rings (SSSR count). The molecule has 1 amide bonds. The summed E-state index contributed by atoms with van der Waals surface area (Å²) in [5.74, 6) is -0.158. The molecule has 1 heterocycles. The van der Waals surface area contributed by atoms with Crippen LogP contribution in [-0.2, 0) is 11.2 Å². The van der Waals surface area contributed by atoms with Gasteiger partial charge in [0.15, 0.2) is 0 Å². The summed E-state index contributed by atoms with van der Waals surface area (Å²) in [4.78, 5) is 13.6. The van der Waals surface area contributed by atoms with Crippen molar-refractivity contribution in [3.05, 3.63) is 35.9 Å². The summed E-state index contributed by atoms with van der Waals surface area (Å²) in [5.41, 5.74) is 6.83. The molecule has 3 nitrogen and oxygen atoms in total. The van der Waals surface area contributed by atoms with Crippen molar-refractivity contribution in [2.45, 2.75) is 38.1 Å². The second-order valence-electron chi connectivity index (χ2n) is 5.04. The summed E-state index contributed by atoms with van der Waals surface area (Å²) < 4.78 is 0. The third-order valence-corrected chi connectivity index (χ3v) is 3.70. The molecule has 0 aromatic heterocycles. The predicted molar refractivity (Wildman–Crippen MR) is 73.2 cm³/mol. The van der Waals surface area contributed by atoms with Crippen LogP contribution in [0.3, 0.4) is 0 Å². The van der Waals surface area contributed by atoms with E-state index in [9.17, 15) is 4.79 Å². The van der Waals surface area contributed by atoms with Crippen molar-refractivity contribution in [2.24, 2.45) is 5.73 Å². The highest BCUT2D eigenvalue weighted by molar-refractivity contribution is 5.79. The van der Waals surface area contributed by atoms with E-state index in [2.05, 4.69) is 29.2 Å². The molecule has 1 atom stereocenters. The number of likely N-dealkylation sites (tertiary alicyclic amines) is 1. The maximum atomic E-state index is 11.4. The van der Waals surface area contributed by atoms with Gasteiger partial charge in [0.2, 0.25) is 5.91 Å². The fourth-order valence-electron chi connectivity index (χ4n) is 2.71. The molecule has 2 N–H and O–H groups in total. The Hall–Kier alpha value is -1.35. The number of nitrogens with two attached hydrogens (primary N) is 1. The molecule has 1 saturated heterocycles. The molecule has 0 saturated carbocycles. The van der Waals surface area contributed by atoms with Crippen molar-refractivity contribution in [3.8, 4) is 0 Å². The number of carbonyl (C=O) groups is 1. The molecule has 0 bridgehead atoms. The minimum absolute atomic E-state index is 0.0328. The smallest absolute Gasteiger partial charge is 0.234 e. The van der Waals surface area contributed by atoms with Gasteiger partial charge in [0, 0.05) is 0 Å². The maximum absolute atomic E-state index is 11.4. The number of benzene rings is 1. The van der Waals surface area contributed by atoms with Crippen LogP contribution in [0.5, 0.6) is 0 Å². The van der Waals surface area contributed by atoms with Crippen LogP contribution in [0.2, 0.25) is 0 Å². The first-order valence-corrected chi connectivity index (χ1v) is 6.84. The van der Waals surface area contributed by atoms with E-state index in [4.69, 9.17) is 5.73 Å². The second kappa shape index (κ2) is 6.55. The van der Waals surface area contributed by atoms with Crippen LogP contribution >= 0.6 is 0 Å². The highest BCUT2D eigenvalue weighted by Gasteiger charge is 2.25. The summed E-state index contributed by atoms with van der Waals surface area (Å²) in [7, 11) is 0. The summed E-state index contributed by atoms with van der Waals surface area (Å²) in [6.07, 6.45) is 5.41. The number of carbonyl (C=O) groups excluding carboxylic acids is 1. The largest absolute Gasteiger partial charge is 0.368 e. The maximum Gasteiger partial charge on any atom is 0.234 e. The van der Waals surface area contributed by atoms with Crippen molar-refractivity contribution >= 4 is 5.91 Å². The van der Waals surface area contributed by atoms with Crippen LogP contribution in [0.25, 0.3) is 0 Å². The monoisotopic (exact) mass is 246 g/mol. The quantitative estimate of drug-likeness (QED) is 0.863. The third-order valence-electron chi connectivity index (χ3n) is 3.70. The number of rotatable bonds is 5. The molecule has 3 heteroatoms. The molecule has 98 valence electrons. The first-order chi connectivity index (χ1) is 8.77. The molecular formula is C15H22N2O. The number of piperidine rings is 1. The summed E-state index contributed by atoms with van der Waals surface area (Å²) >= 11 is 0. The summed E-state index contributed by atoms with van der Waals surface area (Å²) in [6.45, 7) is 1.99. The van der Waals surface area contributed by atoms with E-state index in [1.165, 1.54) is 12.0 Å². The molecule has 1 aliphatic heterocycles. The Bertz CT molecular complexity index is 377. The average molecular weight is 246 g/mol. The number of amides is 1. The number of hydrogen-bond donors (Lipinski definition) is 1. The average Bonchev–Trinajstić information content (AvgIpc) is 2.40. The van der Waals surface area contributed by atoms with Crippen molar-refractivity contribution in [1.29, 1.82) is 0 Å². The number of primary amides is 1. The van der Waals surface area contributed by atoms with Gasteiger partial charge in [-0.1, -0.05) is 36.8 Å². The minimum atomic E-state index is -0.158. The van der Waals surface area contributed by atoms with Gasteiger partial charge in [0.25, 0.3) is 0 Å². The lowest BCUT2D eigenvalue weighted by Crippen LogP contribution is -2.48. The molecule has 0 radical (unpaired) electrons. The van der Waals surface area contributed by atoms with Gasteiger partial charge in [-0.15, -0.1) is 0 Å². The van der Waals surface area contributed by atoms with Crippen LogP contribution in [0.15, 0.2) is 30.3 Å². The lowest BCUT2D eigenvalue weighted by atomic mass is 10.0. The SMILES string of the molecule is NC(=O)C1CCCCN1CCCc1ccccc1. The lowest BCUT2D eigenvalue weighted by molar-refractivity contribution is -0.124. The highest BCUT2D eigenvalue weighted by Crippen LogP contribution is 2.17. The standard InChI is InChI=1S/C15H22N2O/c16-15(18)14-10-4-5-11-17(14)12-6-9-13-7-2-1-3-8-13/h1-3,7-8,14H,4-6,9-12H2,(H2,16,18). The van der Waals surface area contributed by atoms with Crippen LogP contribution in [0, 0.1) is 0 Å². The molecular weight excluding hydrogens is 224 g/mol. The zero-order valence-electron chi connectivity index (χ0n) is 10.8. The van der Waals surface area contributed by atoms with Crippen molar-refractivity contribution in [3.63, 3.8) is 0 Å². The lowest BCUT2D eigenvalue weighted by Gasteiger charge is -2.33. The molecule has 18 heavy (non-hydrogen) atoms. The molecule has 1 fully saturated rings. The third kappa shape index (κ3) is 3.57. The molecule has 1 aliphatic rings. The van der Waals surface area contributed by atoms with Gasteiger partial charge in [-0.05, 0) is 44.3 Å². The van der Waals surface area contributed by atoms with Gasteiger partial charge < -0.3 is 5.73 Å². The van der Waals surface area contributed by atoms with Gasteiger partial charge in [-0.2, -0.15) is 0 Å². The van der Waals surface area contributed by atoms with Crippen molar-refractivity contribution in [2.75, 3.05) is 13.1 Å². The van der Waals surface area contributed by atoms with E-state index in [1.807, 2.05) is 6.07 Å². The van der Waals surface area contributed by atoms with Gasteiger partial charge in [-0.3, -0.25) is 9.69 Å². The fourth-order valence-corrected chi connectivity index (χ4v) is 2.71. The molecule has 1 aromatic carbocycles. The van der Waals surface area contributed by atoms with Gasteiger partial charge in [0.1, 0.15) is 0 Å². The summed E-state index contributed by atoms with van der Waals surface area (Å²) in [5, 5.41) is 0. The Labute approximate surface area is 109 Å². The van der Waals surface area contributed by atoms with E-state index in [1.54, 1.807) is 0 Å². The minimum Gasteiger partial charge on any atom is -0.368 e. The van der Waals surface area contributed by atoms with Crippen LogP contribution in [0.4, 0.5) is 0 Å². The van der Waals surface area contributed by atoms with Gasteiger partial charge >= 0.3 is 0 Å². The Kier molecular flexibility index (Phi) is 4.76. The van der Waals surface area contributed by atoms with Crippen LogP contribution in [-0.4, -0.2) is 29.9 Å². The van der Waals surface area contributed by atoms with Crippen LogP contribution < -0.4 is 5.73 Å². The van der Waals surface area contributed by atoms with Gasteiger partial charge in [-0.25, -0.2) is 0 Å².